The van der Waals surface area contributed by atoms with E-state index in [1.807, 2.05) is 0 Å². The van der Waals surface area contributed by atoms with Gasteiger partial charge in [-0.15, -0.1) is 0 Å². The summed E-state index contributed by atoms with van der Waals surface area (Å²) in [6.45, 7) is 0. The molecule has 0 heterocycles. The van der Waals surface area contributed by atoms with Crippen molar-refractivity contribution >= 4 is 43.1 Å². The lowest BCUT2D eigenvalue weighted by Gasteiger charge is -2.12. The fraction of sp³-hybridized carbons (Fsp3) is 0.188. The zero-order chi connectivity index (χ0) is 19.5. The van der Waals surface area contributed by atoms with Crippen molar-refractivity contribution in [2.45, 2.75) is 9.79 Å². The molecule has 2 rings (SSSR count). The molecule has 0 bridgehead atoms. The standard InChI is InChI=1S/C16H17ClN2O5S2/c1-19(2)26(23,24)15-9-5-13(6-10-15)18-16(20)11-25(21,22)14-7-3-12(17)4-8-14/h3-10H,11H2,1-2H3,(H,18,20). The van der Waals surface area contributed by atoms with Gasteiger partial charge in [0.1, 0.15) is 5.75 Å². The minimum Gasteiger partial charge on any atom is -0.325 e. The molecule has 0 saturated carbocycles. The molecule has 0 aromatic heterocycles. The molecule has 10 heteroatoms. The largest absolute Gasteiger partial charge is 0.325 e. The molecule has 0 aliphatic rings. The number of anilines is 1. The number of benzene rings is 2. The van der Waals surface area contributed by atoms with Gasteiger partial charge in [-0.2, -0.15) is 0 Å². The van der Waals surface area contributed by atoms with Crippen molar-refractivity contribution in [1.82, 2.24) is 4.31 Å². The highest BCUT2D eigenvalue weighted by Crippen LogP contribution is 2.18. The summed E-state index contributed by atoms with van der Waals surface area (Å²) in [5, 5.41) is 2.82. The molecule has 7 nitrogen and oxygen atoms in total. The lowest BCUT2D eigenvalue weighted by Crippen LogP contribution is -2.23. The molecule has 0 fully saturated rings. The van der Waals surface area contributed by atoms with E-state index in [1.54, 1.807) is 0 Å². The third-order valence-corrected chi connectivity index (χ3v) is 7.12. The topological polar surface area (TPSA) is 101 Å². The van der Waals surface area contributed by atoms with Crippen molar-refractivity contribution in [2.24, 2.45) is 0 Å². The van der Waals surface area contributed by atoms with Crippen LogP contribution in [-0.2, 0) is 24.7 Å². The summed E-state index contributed by atoms with van der Waals surface area (Å²) in [5.41, 5.74) is 0.291. The first kappa shape index (κ1) is 20.4. The van der Waals surface area contributed by atoms with Gasteiger partial charge < -0.3 is 5.32 Å². The molecule has 0 saturated heterocycles. The van der Waals surface area contributed by atoms with Gasteiger partial charge in [0.05, 0.1) is 9.79 Å². The molecule has 0 atom stereocenters. The van der Waals surface area contributed by atoms with Crippen LogP contribution in [0.25, 0.3) is 0 Å². The second-order valence-corrected chi connectivity index (χ2v) is 10.2. The van der Waals surface area contributed by atoms with E-state index < -0.39 is 31.5 Å². The number of rotatable bonds is 6. The Morgan fingerprint density at radius 2 is 1.42 bits per heavy atom. The quantitative estimate of drug-likeness (QED) is 0.776. The van der Waals surface area contributed by atoms with Crippen LogP contribution in [-0.4, -0.2) is 46.9 Å². The molecule has 0 radical (unpaired) electrons. The van der Waals surface area contributed by atoms with Gasteiger partial charge in [0.25, 0.3) is 0 Å². The van der Waals surface area contributed by atoms with Crippen LogP contribution < -0.4 is 5.32 Å². The van der Waals surface area contributed by atoms with Crippen LogP contribution in [0.1, 0.15) is 0 Å². The molecule has 1 amide bonds. The van der Waals surface area contributed by atoms with E-state index in [0.29, 0.717) is 10.7 Å². The number of carbonyl (C=O) groups is 1. The first-order valence-electron chi connectivity index (χ1n) is 7.33. The van der Waals surface area contributed by atoms with Crippen LogP contribution in [0.3, 0.4) is 0 Å². The molecule has 0 aliphatic heterocycles. The summed E-state index contributed by atoms with van der Waals surface area (Å²) in [5.74, 6) is -1.48. The average molecular weight is 417 g/mol. The van der Waals surface area contributed by atoms with Gasteiger partial charge in [-0.25, -0.2) is 21.1 Å². The number of nitrogens with one attached hydrogen (secondary N) is 1. The number of amides is 1. The summed E-state index contributed by atoms with van der Waals surface area (Å²) in [6.07, 6.45) is 0. The lowest BCUT2D eigenvalue weighted by atomic mass is 10.3. The fourth-order valence-electron chi connectivity index (χ4n) is 2.02. The Morgan fingerprint density at radius 1 is 0.923 bits per heavy atom. The Morgan fingerprint density at radius 3 is 1.92 bits per heavy atom. The van der Waals surface area contributed by atoms with Crippen molar-refractivity contribution < 1.29 is 21.6 Å². The number of sulfonamides is 1. The van der Waals surface area contributed by atoms with Gasteiger partial charge in [-0.05, 0) is 48.5 Å². The van der Waals surface area contributed by atoms with Crippen LogP contribution in [0.5, 0.6) is 0 Å². The van der Waals surface area contributed by atoms with Crippen molar-refractivity contribution in [3.63, 3.8) is 0 Å². The first-order chi connectivity index (χ1) is 12.0. The summed E-state index contributed by atoms with van der Waals surface area (Å²) in [6, 6.07) is 11.0. The number of carbonyl (C=O) groups excluding carboxylic acids is 1. The molecule has 140 valence electrons. The maximum Gasteiger partial charge on any atom is 0.242 e. The van der Waals surface area contributed by atoms with Crippen LogP contribution in [0, 0.1) is 0 Å². The van der Waals surface area contributed by atoms with Crippen molar-refractivity contribution in [2.75, 3.05) is 25.2 Å². The van der Waals surface area contributed by atoms with Gasteiger partial charge in [0, 0.05) is 24.8 Å². The van der Waals surface area contributed by atoms with E-state index in [-0.39, 0.29) is 9.79 Å². The number of halogens is 1. The normalized spacial score (nSPS) is 12.2. The Kier molecular flexibility index (Phi) is 6.07. The minimum absolute atomic E-state index is 0.00975. The number of nitrogens with zero attached hydrogens (tertiary/aromatic N) is 1. The third kappa shape index (κ3) is 4.82. The molecule has 1 N–H and O–H groups in total. The molecule has 2 aromatic carbocycles. The molecule has 0 unspecified atom stereocenters. The molecular formula is C16H17ClN2O5S2. The van der Waals surface area contributed by atoms with Crippen LogP contribution in [0.4, 0.5) is 5.69 Å². The van der Waals surface area contributed by atoms with Gasteiger partial charge in [-0.1, -0.05) is 11.6 Å². The van der Waals surface area contributed by atoms with Gasteiger partial charge in [-0.3, -0.25) is 4.79 Å². The second-order valence-electron chi connectivity index (χ2n) is 5.57. The van der Waals surface area contributed by atoms with E-state index >= 15 is 0 Å². The Bertz CT molecular complexity index is 1000. The first-order valence-corrected chi connectivity index (χ1v) is 10.8. The van der Waals surface area contributed by atoms with Crippen LogP contribution >= 0.6 is 11.6 Å². The molecule has 2 aromatic rings. The monoisotopic (exact) mass is 416 g/mol. The van der Waals surface area contributed by atoms with Crippen molar-refractivity contribution in [3.05, 3.63) is 53.6 Å². The van der Waals surface area contributed by atoms with E-state index in [0.717, 1.165) is 4.31 Å². The molecular weight excluding hydrogens is 400 g/mol. The average Bonchev–Trinajstić information content (AvgIpc) is 2.55. The Labute approximate surface area is 157 Å². The maximum absolute atomic E-state index is 12.2. The predicted molar refractivity (Wildman–Crippen MR) is 99.4 cm³/mol. The van der Waals surface area contributed by atoms with Gasteiger partial charge >= 0.3 is 0 Å². The summed E-state index contributed by atoms with van der Waals surface area (Å²) in [4.78, 5) is 12.1. The third-order valence-electron chi connectivity index (χ3n) is 3.41. The maximum atomic E-state index is 12.2. The zero-order valence-electron chi connectivity index (χ0n) is 14.0. The van der Waals surface area contributed by atoms with E-state index in [4.69, 9.17) is 11.6 Å². The minimum atomic E-state index is -3.81. The summed E-state index contributed by atoms with van der Waals surface area (Å²) >= 11 is 5.72. The zero-order valence-corrected chi connectivity index (χ0v) is 16.4. The second kappa shape index (κ2) is 7.75. The smallest absolute Gasteiger partial charge is 0.242 e. The van der Waals surface area contributed by atoms with E-state index in [9.17, 15) is 21.6 Å². The number of hydrogen-bond donors (Lipinski definition) is 1. The van der Waals surface area contributed by atoms with E-state index in [2.05, 4.69) is 5.32 Å². The SMILES string of the molecule is CN(C)S(=O)(=O)c1ccc(NC(=O)CS(=O)(=O)c2ccc(Cl)cc2)cc1. The summed E-state index contributed by atoms with van der Waals surface area (Å²) in [7, 11) is -4.57. The van der Waals surface area contributed by atoms with Crippen molar-refractivity contribution in [1.29, 1.82) is 0 Å². The molecule has 26 heavy (non-hydrogen) atoms. The molecule has 0 spiro atoms. The highest BCUT2D eigenvalue weighted by atomic mass is 35.5. The number of hydrogen-bond acceptors (Lipinski definition) is 5. The summed E-state index contributed by atoms with van der Waals surface area (Å²) < 4.78 is 49.5. The van der Waals surface area contributed by atoms with Crippen LogP contribution in [0.15, 0.2) is 58.3 Å². The highest BCUT2D eigenvalue weighted by molar-refractivity contribution is 7.92. The fourth-order valence-corrected chi connectivity index (χ4v) is 4.18. The van der Waals surface area contributed by atoms with Gasteiger partial charge in [0.2, 0.25) is 15.9 Å². The highest BCUT2D eigenvalue weighted by Gasteiger charge is 2.20. The Hall–Kier alpha value is -1.94. The van der Waals surface area contributed by atoms with Crippen molar-refractivity contribution in [3.8, 4) is 0 Å². The molecule has 0 aliphatic carbocycles. The number of sulfone groups is 1. The Balaban J connectivity index is 2.09. The lowest BCUT2D eigenvalue weighted by molar-refractivity contribution is -0.113. The van der Waals surface area contributed by atoms with E-state index in [1.165, 1.54) is 62.6 Å². The predicted octanol–water partition coefficient (Wildman–Crippen LogP) is 2.00. The van der Waals surface area contributed by atoms with Gasteiger partial charge in [0.15, 0.2) is 9.84 Å². The van der Waals surface area contributed by atoms with Crippen LogP contribution in [0.2, 0.25) is 5.02 Å².